The van der Waals surface area contributed by atoms with Crippen LogP contribution in [0.4, 0.5) is 0 Å². The SMILES string of the molecule is Cc1cccc([C@H]2CCN(CCCO)C[C@@H]2C(=O)c2ccccc2)c1C. The highest BCUT2D eigenvalue weighted by atomic mass is 16.3. The minimum atomic E-state index is -0.0367. The van der Waals surface area contributed by atoms with E-state index < -0.39 is 0 Å². The summed E-state index contributed by atoms with van der Waals surface area (Å²) < 4.78 is 0. The molecule has 138 valence electrons. The second-order valence-corrected chi connectivity index (χ2v) is 7.40. The number of piperidine rings is 1. The number of hydrogen-bond donors (Lipinski definition) is 1. The number of ketones is 1. The number of nitrogens with zero attached hydrogens (tertiary/aromatic N) is 1. The molecule has 1 aliphatic rings. The first kappa shape index (κ1) is 18.8. The highest BCUT2D eigenvalue weighted by Gasteiger charge is 2.36. The molecule has 0 amide bonds. The molecule has 26 heavy (non-hydrogen) atoms. The van der Waals surface area contributed by atoms with E-state index in [9.17, 15) is 4.79 Å². The van der Waals surface area contributed by atoms with Crippen molar-refractivity contribution in [2.75, 3.05) is 26.2 Å². The van der Waals surface area contributed by atoms with Gasteiger partial charge >= 0.3 is 0 Å². The van der Waals surface area contributed by atoms with Gasteiger partial charge in [0.2, 0.25) is 0 Å². The summed E-state index contributed by atoms with van der Waals surface area (Å²) in [7, 11) is 0. The maximum atomic E-state index is 13.3. The zero-order valence-electron chi connectivity index (χ0n) is 15.8. The van der Waals surface area contributed by atoms with Crippen LogP contribution in [-0.2, 0) is 0 Å². The highest BCUT2D eigenvalue weighted by molar-refractivity contribution is 5.98. The molecule has 1 saturated heterocycles. The number of aryl methyl sites for hydroxylation is 1. The van der Waals surface area contributed by atoms with Crippen molar-refractivity contribution >= 4 is 5.78 Å². The second-order valence-electron chi connectivity index (χ2n) is 7.40. The number of likely N-dealkylation sites (tertiary alicyclic amines) is 1. The van der Waals surface area contributed by atoms with Crippen molar-refractivity contribution in [3.8, 4) is 0 Å². The van der Waals surface area contributed by atoms with Gasteiger partial charge in [-0.25, -0.2) is 0 Å². The average molecular weight is 351 g/mol. The van der Waals surface area contributed by atoms with Crippen molar-refractivity contribution in [3.63, 3.8) is 0 Å². The number of aliphatic hydroxyl groups is 1. The molecule has 0 aromatic heterocycles. The Morgan fingerprint density at radius 3 is 2.62 bits per heavy atom. The number of carbonyl (C=O) groups excluding carboxylic acids is 1. The van der Waals surface area contributed by atoms with E-state index >= 15 is 0 Å². The number of carbonyl (C=O) groups is 1. The van der Waals surface area contributed by atoms with Gasteiger partial charge in [-0.05, 0) is 55.8 Å². The van der Waals surface area contributed by atoms with E-state index in [4.69, 9.17) is 5.11 Å². The van der Waals surface area contributed by atoms with Crippen molar-refractivity contribution in [1.29, 1.82) is 0 Å². The van der Waals surface area contributed by atoms with E-state index in [-0.39, 0.29) is 24.2 Å². The molecule has 0 radical (unpaired) electrons. The smallest absolute Gasteiger partial charge is 0.167 e. The Labute approximate surface area is 156 Å². The predicted octanol–water partition coefficient (Wildman–Crippen LogP) is 3.97. The van der Waals surface area contributed by atoms with Gasteiger partial charge in [0.15, 0.2) is 5.78 Å². The van der Waals surface area contributed by atoms with Gasteiger partial charge in [-0.2, -0.15) is 0 Å². The summed E-state index contributed by atoms with van der Waals surface area (Å²) >= 11 is 0. The average Bonchev–Trinajstić information content (AvgIpc) is 2.68. The summed E-state index contributed by atoms with van der Waals surface area (Å²) in [5.41, 5.74) is 4.72. The minimum absolute atomic E-state index is 0.0367. The fourth-order valence-corrected chi connectivity index (χ4v) is 4.15. The lowest BCUT2D eigenvalue weighted by atomic mass is 9.75. The quantitative estimate of drug-likeness (QED) is 0.801. The topological polar surface area (TPSA) is 40.5 Å². The first-order valence-corrected chi connectivity index (χ1v) is 9.60. The van der Waals surface area contributed by atoms with Crippen molar-refractivity contribution in [2.24, 2.45) is 5.92 Å². The lowest BCUT2D eigenvalue weighted by molar-refractivity contribution is 0.0769. The fourth-order valence-electron chi connectivity index (χ4n) is 4.15. The molecule has 3 rings (SSSR count). The summed E-state index contributed by atoms with van der Waals surface area (Å²) in [4.78, 5) is 15.7. The van der Waals surface area contributed by atoms with Gasteiger partial charge in [-0.15, -0.1) is 0 Å². The molecular formula is C23H29NO2. The fraction of sp³-hybridized carbons (Fsp3) is 0.435. The molecule has 3 heteroatoms. The number of rotatable bonds is 6. The van der Waals surface area contributed by atoms with Crippen LogP contribution in [0, 0.1) is 19.8 Å². The van der Waals surface area contributed by atoms with Crippen molar-refractivity contribution < 1.29 is 9.90 Å². The standard InChI is InChI=1S/C23H29NO2/c1-17-8-6-11-20(18(17)2)21-12-14-24(13-7-15-25)16-22(21)23(26)19-9-4-3-5-10-19/h3-6,8-11,21-22,25H,7,12-16H2,1-2H3/t21-,22+/m1/s1. The predicted molar refractivity (Wildman–Crippen MR) is 106 cm³/mol. The molecule has 0 aliphatic carbocycles. The number of benzene rings is 2. The zero-order valence-corrected chi connectivity index (χ0v) is 15.8. The molecule has 3 nitrogen and oxygen atoms in total. The number of aliphatic hydroxyl groups excluding tert-OH is 1. The van der Waals surface area contributed by atoms with E-state index in [1.165, 1.54) is 16.7 Å². The second kappa shape index (κ2) is 8.61. The summed E-state index contributed by atoms with van der Waals surface area (Å²) in [5.74, 6) is 0.462. The lowest BCUT2D eigenvalue weighted by Gasteiger charge is -2.39. The van der Waals surface area contributed by atoms with Crippen LogP contribution in [0.3, 0.4) is 0 Å². The molecule has 0 spiro atoms. The van der Waals surface area contributed by atoms with E-state index in [2.05, 4.69) is 36.9 Å². The van der Waals surface area contributed by atoms with Crippen molar-refractivity contribution in [2.45, 2.75) is 32.6 Å². The zero-order chi connectivity index (χ0) is 18.5. The summed E-state index contributed by atoms with van der Waals surface area (Å²) in [5, 5.41) is 9.15. The van der Waals surface area contributed by atoms with Crippen LogP contribution in [0.15, 0.2) is 48.5 Å². The first-order chi connectivity index (χ1) is 12.6. The largest absolute Gasteiger partial charge is 0.396 e. The van der Waals surface area contributed by atoms with Gasteiger partial charge in [0.1, 0.15) is 0 Å². The van der Waals surface area contributed by atoms with Crippen LogP contribution < -0.4 is 0 Å². The van der Waals surface area contributed by atoms with Crippen LogP contribution in [-0.4, -0.2) is 42.0 Å². The van der Waals surface area contributed by atoms with Crippen LogP contribution in [0.1, 0.15) is 45.8 Å². The molecule has 2 atom stereocenters. The Morgan fingerprint density at radius 1 is 1.12 bits per heavy atom. The van der Waals surface area contributed by atoms with E-state index in [1.54, 1.807) is 0 Å². The van der Waals surface area contributed by atoms with Crippen molar-refractivity contribution in [1.82, 2.24) is 4.90 Å². The summed E-state index contributed by atoms with van der Waals surface area (Å²) in [6, 6.07) is 16.1. The Hall–Kier alpha value is -1.97. The molecule has 2 aromatic rings. The molecule has 1 fully saturated rings. The number of Topliss-reactive ketones (excluding diaryl/α,β-unsaturated/α-hetero) is 1. The maximum Gasteiger partial charge on any atom is 0.167 e. The Bertz CT molecular complexity index is 741. The van der Waals surface area contributed by atoms with Gasteiger partial charge in [0, 0.05) is 31.2 Å². The minimum Gasteiger partial charge on any atom is -0.396 e. The van der Waals surface area contributed by atoms with Gasteiger partial charge in [-0.3, -0.25) is 4.79 Å². The van der Waals surface area contributed by atoms with Crippen LogP contribution in [0.2, 0.25) is 0 Å². The van der Waals surface area contributed by atoms with Crippen molar-refractivity contribution in [3.05, 3.63) is 70.8 Å². The Kier molecular flexibility index (Phi) is 6.23. The molecule has 1 aliphatic heterocycles. The van der Waals surface area contributed by atoms with Gasteiger partial charge in [-0.1, -0.05) is 48.5 Å². The van der Waals surface area contributed by atoms with E-state index in [0.29, 0.717) is 0 Å². The molecule has 0 bridgehead atoms. The van der Waals surface area contributed by atoms with Gasteiger partial charge in [0.25, 0.3) is 0 Å². The third-order valence-corrected chi connectivity index (χ3v) is 5.77. The normalized spacial score (nSPS) is 20.9. The molecule has 2 aromatic carbocycles. The van der Waals surface area contributed by atoms with Crippen LogP contribution >= 0.6 is 0 Å². The van der Waals surface area contributed by atoms with Crippen LogP contribution in [0.5, 0.6) is 0 Å². The van der Waals surface area contributed by atoms with Crippen LogP contribution in [0.25, 0.3) is 0 Å². The Morgan fingerprint density at radius 2 is 1.88 bits per heavy atom. The van der Waals surface area contributed by atoms with Gasteiger partial charge in [0.05, 0.1) is 0 Å². The third-order valence-electron chi connectivity index (χ3n) is 5.77. The molecule has 0 unspecified atom stereocenters. The maximum absolute atomic E-state index is 13.3. The first-order valence-electron chi connectivity index (χ1n) is 9.60. The molecule has 1 heterocycles. The monoisotopic (exact) mass is 351 g/mol. The summed E-state index contributed by atoms with van der Waals surface area (Å²) in [6.45, 7) is 7.13. The number of hydrogen-bond acceptors (Lipinski definition) is 3. The summed E-state index contributed by atoms with van der Waals surface area (Å²) in [6.07, 6.45) is 1.75. The highest BCUT2D eigenvalue weighted by Crippen LogP contribution is 2.37. The molecule has 1 N–H and O–H groups in total. The Balaban J connectivity index is 1.91. The van der Waals surface area contributed by atoms with E-state index in [0.717, 1.165) is 38.0 Å². The van der Waals surface area contributed by atoms with E-state index in [1.807, 2.05) is 30.3 Å². The van der Waals surface area contributed by atoms with Gasteiger partial charge < -0.3 is 10.0 Å². The lowest BCUT2D eigenvalue weighted by Crippen LogP contribution is -2.43. The molecular weight excluding hydrogens is 322 g/mol. The third kappa shape index (κ3) is 4.05. The molecule has 0 saturated carbocycles.